The Hall–Kier alpha value is -9.03. The number of aryl methyl sites for hydroxylation is 8. The highest BCUT2D eigenvalue weighted by Crippen LogP contribution is 2.46. The SMILES string of the molecule is COC1=C(c2c(C)cc(Br)cc2C)C(=O)/C(=C/c2ccc(C#N)c(SC)n2)C1.COC1=C(c2c(C)cc(Br)cc2C)C(=O)C(C(O)c2ccc(C#N)c(SC)n2)C1.COC1=C(c2c(C)cc(Br)cc2C)C(=O)C(Cc2ccc(C#N)c(SC)n2)C1.COC1=C(c2c(C)cc(Br)cc2C)C(=O)CC1.CSc1nc(C=O)ccc1C#N. The summed E-state index contributed by atoms with van der Waals surface area (Å²) in [5.74, 6) is 2.01. The van der Waals surface area contributed by atoms with E-state index in [0.29, 0.717) is 132 Å². The van der Waals surface area contributed by atoms with E-state index in [0.717, 1.165) is 114 Å². The van der Waals surface area contributed by atoms with Gasteiger partial charge < -0.3 is 24.1 Å². The number of hydrogen-bond donors (Lipinski definition) is 1. The van der Waals surface area contributed by atoms with Crippen molar-refractivity contribution in [3.8, 4) is 24.3 Å². The number of pyridine rings is 4. The molecule has 3 atom stereocenters. The third-order valence-electron chi connectivity index (χ3n) is 19.3. The lowest BCUT2D eigenvalue weighted by molar-refractivity contribution is -0.120. The van der Waals surface area contributed by atoms with Crippen molar-refractivity contribution in [3.63, 3.8) is 0 Å². The summed E-state index contributed by atoms with van der Waals surface area (Å²) in [5, 5.41) is 49.6. The van der Waals surface area contributed by atoms with Crippen LogP contribution in [0.2, 0.25) is 0 Å². The largest absolute Gasteiger partial charge is 0.500 e. The van der Waals surface area contributed by atoms with E-state index in [1.807, 2.05) is 141 Å². The second-order valence-corrected chi connectivity index (χ2v) is 33.5. The van der Waals surface area contributed by atoms with Crippen LogP contribution in [-0.4, -0.2) is 108 Å². The Bertz CT molecular complexity index is 5440. The maximum absolute atomic E-state index is 13.4. The number of nitrogens with zero attached hydrogens (tertiary/aromatic N) is 8. The number of aromatic nitrogens is 4. The van der Waals surface area contributed by atoms with Gasteiger partial charge in [-0.2, -0.15) is 21.0 Å². The Morgan fingerprint density at radius 2 is 0.833 bits per heavy atom. The van der Waals surface area contributed by atoms with Gasteiger partial charge >= 0.3 is 0 Å². The Balaban J connectivity index is 0.000000184. The van der Waals surface area contributed by atoms with Crippen molar-refractivity contribution in [1.29, 1.82) is 21.0 Å². The van der Waals surface area contributed by atoms with Gasteiger partial charge in [0.2, 0.25) is 0 Å². The maximum Gasteiger partial charge on any atom is 0.193 e. The average molecular weight is 1860 g/mol. The first kappa shape index (κ1) is 90.5. The van der Waals surface area contributed by atoms with E-state index < -0.39 is 12.0 Å². The molecule has 12 rings (SSSR count). The van der Waals surface area contributed by atoms with Gasteiger partial charge in [-0.1, -0.05) is 63.7 Å². The van der Waals surface area contributed by atoms with E-state index in [4.69, 9.17) is 29.5 Å². The molecule has 0 aliphatic heterocycles. The molecule has 3 unspecified atom stereocenters. The summed E-state index contributed by atoms with van der Waals surface area (Å²) in [6.45, 7) is 16.0. The third kappa shape index (κ3) is 21.0. The summed E-state index contributed by atoms with van der Waals surface area (Å²) < 4.78 is 26.1. The lowest BCUT2D eigenvalue weighted by atomic mass is 9.89. The van der Waals surface area contributed by atoms with Gasteiger partial charge in [-0.05, 0) is 250 Å². The molecule has 8 aromatic rings. The second kappa shape index (κ2) is 41.5. The number of ketones is 4. The van der Waals surface area contributed by atoms with Gasteiger partial charge in [0, 0.05) is 73.6 Å². The summed E-state index contributed by atoms with van der Waals surface area (Å²) in [7, 11) is 6.41. The summed E-state index contributed by atoms with van der Waals surface area (Å²) in [6.07, 6.45) is 11.9. The zero-order chi connectivity index (χ0) is 83.7. The number of aldehydes is 1. The lowest BCUT2D eigenvalue weighted by Gasteiger charge is -2.18. The van der Waals surface area contributed by atoms with E-state index in [-0.39, 0.29) is 29.1 Å². The van der Waals surface area contributed by atoms with Crippen molar-refractivity contribution in [3.05, 3.63) is 255 Å². The molecule has 4 aromatic heterocycles. The fourth-order valence-electron chi connectivity index (χ4n) is 14.2. The molecule has 18 nitrogen and oxygen atoms in total. The minimum atomic E-state index is -1.08. The van der Waals surface area contributed by atoms with Crippen LogP contribution in [0, 0.1) is 113 Å². The molecule has 0 bridgehead atoms. The molecule has 4 aliphatic carbocycles. The Morgan fingerprint density at radius 3 is 1.25 bits per heavy atom. The number of rotatable bonds is 18. The monoisotopic (exact) mass is 1850 g/mol. The van der Waals surface area contributed by atoms with Gasteiger partial charge in [-0.15, -0.1) is 47.0 Å². The van der Waals surface area contributed by atoms with Crippen molar-refractivity contribution in [2.45, 2.75) is 120 Å². The van der Waals surface area contributed by atoms with Gasteiger partial charge in [0.15, 0.2) is 29.4 Å². The molecule has 114 heavy (non-hydrogen) atoms. The summed E-state index contributed by atoms with van der Waals surface area (Å²) in [4.78, 5) is 79.7. The number of ether oxygens (including phenoxy) is 4. The highest BCUT2D eigenvalue weighted by Gasteiger charge is 2.42. The second-order valence-electron chi connectivity index (χ2n) is 26.7. The Labute approximate surface area is 716 Å². The quantitative estimate of drug-likeness (QED) is 0.0474. The number of thioether (sulfide) groups is 4. The molecule has 26 heteroatoms. The minimum absolute atomic E-state index is 0.0396. The molecule has 0 fully saturated rings. The number of carbonyl (C=O) groups excluding carboxylic acids is 5. The summed E-state index contributed by atoms with van der Waals surface area (Å²) in [5.41, 5.74) is 19.6. The minimum Gasteiger partial charge on any atom is -0.500 e. The van der Waals surface area contributed by atoms with Crippen LogP contribution in [0.5, 0.6) is 0 Å². The number of Topliss-reactive ketones (excluding diaryl/α,β-unsaturated/α-hetero) is 4. The Morgan fingerprint density at radius 1 is 0.465 bits per heavy atom. The predicted octanol–water partition coefficient (Wildman–Crippen LogP) is 20.7. The topological polar surface area (TPSA) is 289 Å². The number of allylic oxidation sites excluding steroid dienone is 8. The van der Waals surface area contributed by atoms with Gasteiger partial charge in [0.05, 0.1) is 90.3 Å². The van der Waals surface area contributed by atoms with Crippen molar-refractivity contribution in [2.75, 3.05) is 53.5 Å². The molecule has 4 heterocycles. The fraction of sp³-hybridized carbons (Fsp3) is 0.284. The molecule has 0 radical (unpaired) electrons. The lowest BCUT2D eigenvalue weighted by Crippen LogP contribution is -2.20. The first-order chi connectivity index (χ1) is 54.4. The number of hydrogen-bond acceptors (Lipinski definition) is 22. The van der Waals surface area contributed by atoms with Crippen LogP contribution in [0.15, 0.2) is 164 Å². The molecule has 0 saturated carbocycles. The predicted molar refractivity (Wildman–Crippen MR) is 465 cm³/mol. The van der Waals surface area contributed by atoms with Crippen LogP contribution in [0.4, 0.5) is 0 Å². The molecule has 1 N–H and O–H groups in total. The average Bonchev–Trinajstić information content (AvgIpc) is 1.60. The Kier molecular flexibility index (Phi) is 33.0. The van der Waals surface area contributed by atoms with Crippen LogP contribution in [0.3, 0.4) is 0 Å². The number of methoxy groups -OCH3 is 4. The van der Waals surface area contributed by atoms with Gasteiger partial charge in [0.25, 0.3) is 0 Å². The maximum atomic E-state index is 13.4. The smallest absolute Gasteiger partial charge is 0.193 e. The van der Waals surface area contributed by atoms with Crippen molar-refractivity contribution >= 4 is 169 Å². The highest BCUT2D eigenvalue weighted by atomic mass is 79.9. The van der Waals surface area contributed by atoms with Crippen LogP contribution < -0.4 is 0 Å². The van der Waals surface area contributed by atoms with Crippen molar-refractivity contribution < 1.29 is 48.0 Å². The van der Waals surface area contributed by atoms with Crippen LogP contribution in [0.25, 0.3) is 28.4 Å². The molecular weight excluding hydrogens is 1780 g/mol. The van der Waals surface area contributed by atoms with E-state index in [9.17, 15) is 39.6 Å². The number of aliphatic hydroxyl groups excluding tert-OH is 1. The standard InChI is InChI=1S/C22H21BrN2O3S.C22H21BrN2O2S.C22H19BrN2O2S.C14H15BrO2.C8H6N2OS/c1-11-7-14(23)8-12(2)18(11)19-17(28-3)9-15(21(19)27)20(26)16-6-5-13(10-24)22(25-16)29-4;2*1-12-7-16(23)8-13(2)19(12)20-18(27-3)10-15(21(20)26)9-17-6-5-14(11-24)22(25-17)28-4;1-8-6-10(15)7-9(2)13(8)14-11(16)4-5-12(14)17-3;1-12-8-6(4-9)2-3-7(5-11)10-8/h5-8,15,20,26H,9H2,1-4H3;5-8,15H,9-10H2,1-4H3;5-9H,10H2,1-4H3;6-7H,4-5H2,1-3H3;2-3,5H,1H3/b;;15-9+;;. The van der Waals surface area contributed by atoms with Crippen LogP contribution in [0.1, 0.15) is 155 Å². The summed E-state index contributed by atoms with van der Waals surface area (Å²) >= 11 is 19.5. The molecule has 586 valence electrons. The highest BCUT2D eigenvalue weighted by molar-refractivity contribution is 9.11. The molecule has 0 amide bonds. The number of aliphatic hydroxyl groups is 1. The van der Waals surface area contributed by atoms with E-state index >= 15 is 0 Å². The van der Waals surface area contributed by atoms with Gasteiger partial charge in [0.1, 0.15) is 79.2 Å². The molecule has 4 aromatic carbocycles. The van der Waals surface area contributed by atoms with Crippen molar-refractivity contribution in [2.24, 2.45) is 11.8 Å². The zero-order valence-corrected chi connectivity index (χ0v) is 75.3. The van der Waals surface area contributed by atoms with Gasteiger partial charge in [-0.25, -0.2) is 19.9 Å². The molecular formula is C88H82Br4N8O10S4. The van der Waals surface area contributed by atoms with Crippen molar-refractivity contribution in [1.82, 2.24) is 19.9 Å². The van der Waals surface area contributed by atoms with E-state index in [1.54, 1.807) is 70.9 Å². The number of carbonyl (C=O) groups is 5. The number of benzene rings is 4. The molecule has 4 aliphatic rings. The first-order valence-corrected chi connectivity index (χ1v) is 43.5. The molecule has 0 spiro atoms. The number of nitriles is 4. The van der Waals surface area contributed by atoms with Gasteiger partial charge in [-0.3, -0.25) is 24.0 Å². The van der Waals surface area contributed by atoms with E-state index in [2.05, 4.69) is 102 Å². The first-order valence-electron chi connectivity index (χ1n) is 35.4. The van der Waals surface area contributed by atoms with Crippen LogP contribution in [-0.2, 0) is 44.5 Å². The zero-order valence-electron chi connectivity index (χ0n) is 65.7. The van der Waals surface area contributed by atoms with E-state index in [1.165, 1.54) is 53.1 Å². The van der Waals surface area contributed by atoms with Crippen LogP contribution >= 0.6 is 111 Å². The normalized spacial score (nSPS) is 15.5. The number of halogens is 4. The fourth-order valence-corrected chi connectivity index (χ4v) is 19.0. The summed E-state index contributed by atoms with van der Waals surface area (Å²) in [6, 6.07) is 37.9. The third-order valence-corrected chi connectivity index (χ3v) is 23.9. The molecule has 0 saturated heterocycles.